The summed E-state index contributed by atoms with van der Waals surface area (Å²) in [7, 11) is 8.84. The van der Waals surface area contributed by atoms with Crippen molar-refractivity contribution in [1.82, 2.24) is 15.5 Å². The smallest absolute Gasteiger partial charge is 0.203 e. The zero-order valence-electron chi connectivity index (χ0n) is 18.1. The molecular weight excluding hydrogens is 372 g/mol. The zero-order valence-corrected chi connectivity index (χ0v) is 18.1. The maximum Gasteiger partial charge on any atom is 0.203 e. The second kappa shape index (κ2) is 11.2. The molecule has 160 valence electrons. The Kier molecular flexibility index (Phi) is 8.67. The highest BCUT2D eigenvalue weighted by Crippen LogP contribution is 2.38. The van der Waals surface area contributed by atoms with Crippen LogP contribution in [0.25, 0.3) is 0 Å². The van der Waals surface area contributed by atoms with E-state index in [0.717, 1.165) is 23.8 Å². The van der Waals surface area contributed by atoms with E-state index in [1.54, 1.807) is 27.6 Å². The summed E-state index contributed by atoms with van der Waals surface area (Å²) in [6.45, 7) is 3.90. The molecule has 8 nitrogen and oxygen atoms in total. The summed E-state index contributed by atoms with van der Waals surface area (Å²) in [6, 6.07) is 7.77. The molecule has 0 spiro atoms. The molecule has 1 unspecified atom stereocenters. The summed E-state index contributed by atoms with van der Waals surface area (Å²) in [4.78, 5) is 6.80. The molecule has 1 aromatic carbocycles. The molecule has 0 saturated heterocycles. The van der Waals surface area contributed by atoms with Crippen molar-refractivity contribution >= 4 is 5.96 Å². The number of aliphatic imine (C=N–C) groups is 1. The highest BCUT2D eigenvalue weighted by molar-refractivity contribution is 5.79. The van der Waals surface area contributed by atoms with E-state index in [0.29, 0.717) is 30.3 Å². The summed E-state index contributed by atoms with van der Waals surface area (Å²) in [5.74, 6) is 3.42. The van der Waals surface area contributed by atoms with E-state index < -0.39 is 0 Å². The van der Waals surface area contributed by atoms with E-state index in [4.69, 9.17) is 23.6 Å². The molecule has 0 fully saturated rings. The van der Waals surface area contributed by atoms with Crippen molar-refractivity contribution < 1.29 is 18.6 Å². The Morgan fingerprint density at radius 1 is 1.10 bits per heavy atom. The van der Waals surface area contributed by atoms with E-state index in [2.05, 4.69) is 15.5 Å². The minimum Gasteiger partial charge on any atom is -0.493 e. The second-order valence-corrected chi connectivity index (χ2v) is 6.60. The number of guanidine groups is 1. The van der Waals surface area contributed by atoms with Crippen molar-refractivity contribution in [3.8, 4) is 17.2 Å². The van der Waals surface area contributed by atoms with Crippen LogP contribution in [0.1, 0.15) is 24.3 Å². The Morgan fingerprint density at radius 2 is 1.79 bits per heavy atom. The average molecular weight is 405 g/mol. The fourth-order valence-corrected chi connectivity index (χ4v) is 2.95. The molecule has 0 aliphatic rings. The van der Waals surface area contributed by atoms with E-state index in [-0.39, 0.29) is 6.04 Å². The van der Waals surface area contributed by atoms with Crippen molar-refractivity contribution in [2.75, 3.05) is 48.5 Å². The molecule has 2 N–H and O–H groups in total. The molecule has 0 saturated carbocycles. The highest BCUT2D eigenvalue weighted by atomic mass is 16.5. The Bertz CT molecular complexity index is 750. The lowest BCUT2D eigenvalue weighted by molar-refractivity contribution is 0.258. The molecule has 0 radical (unpaired) electrons. The number of hydrogen-bond acceptors (Lipinski definition) is 6. The molecule has 1 heterocycles. The predicted molar refractivity (Wildman–Crippen MR) is 114 cm³/mol. The first kappa shape index (κ1) is 22.4. The molecule has 2 aromatic rings. The fraction of sp³-hybridized carbons (Fsp3) is 0.476. The number of hydrogen-bond donors (Lipinski definition) is 2. The van der Waals surface area contributed by atoms with Crippen LogP contribution in [0, 0.1) is 0 Å². The van der Waals surface area contributed by atoms with Gasteiger partial charge >= 0.3 is 0 Å². The minimum absolute atomic E-state index is 0.0926. The van der Waals surface area contributed by atoms with Gasteiger partial charge in [-0.05, 0) is 50.8 Å². The van der Waals surface area contributed by atoms with Crippen LogP contribution in [0.3, 0.4) is 0 Å². The van der Waals surface area contributed by atoms with Gasteiger partial charge in [0.2, 0.25) is 5.75 Å². The van der Waals surface area contributed by atoms with Gasteiger partial charge in [0, 0.05) is 13.1 Å². The molecule has 8 heteroatoms. The zero-order chi connectivity index (χ0) is 21.2. The Morgan fingerprint density at radius 3 is 2.28 bits per heavy atom. The van der Waals surface area contributed by atoms with Crippen LogP contribution in [0.15, 0.2) is 39.9 Å². The second-order valence-electron chi connectivity index (χ2n) is 6.60. The average Bonchev–Trinajstić information content (AvgIpc) is 3.25. The van der Waals surface area contributed by atoms with Gasteiger partial charge < -0.3 is 29.3 Å². The third kappa shape index (κ3) is 6.05. The van der Waals surface area contributed by atoms with E-state index in [1.807, 2.05) is 45.3 Å². The number of methoxy groups -OCH3 is 3. The maximum absolute atomic E-state index is 5.57. The van der Waals surface area contributed by atoms with Crippen LogP contribution in [-0.4, -0.2) is 59.4 Å². The van der Waals surface area contributed by atoms with Crippen molar-refractivity contribution in [3.63, 3.8) is 0 Å². The number of nitrogens with one attached hydrogen (secondary N) is 2. The minimum atomic E-state index is 0.0926. The van der Waals surface area contributed by atoms with Crippen LogP contribution < -0.4 is 24.8 Å². The van der Waals surface area contributed by atoms with Gasteiger partial charge in [-0.15, -0.1) is 0 Å². The van der Waals surface area contributed by atoms with Crippen molar-refractivity contribution in [2.45, 2.75) is 19.5 Å². The Hall–Kier alpha value is -2.87. The van der Waals surface area contributed by atoms with E-state index in [1.165, 1.54) is 0 Å². The number of ether oxygens (including phenoxy) is 3. The van der Waals surface area contributed by atoms with Gasteiger partial charge in [0.25, 0.3) is 0 Å². The normalized spacial score (nSPS) is 12.6. The first-order valence-electron chi connectivity index (χ1n) is 9.54. The topological polar surface area (TPSA) is 80.5 Å². The molecule has 0 aliphatic carbocycles. The lowest BCUT2D eigenvalue weighted by Gasteiger charge is -2.23. The van der Waals surface area contributed by atoms with Gasteiger partial charge in [-0.25, -0.2) is 4.99 Å². The molecule has 29 heavy (non-hydrogen) atoms. The Labute approximate surface area is 172 Å². The lowest BCUT2D eigenvalue weighted by atomic mass is 10.2. The van der Waals surface area contributed by atoms with Crippen LogP contribution >= 0.6 is 0 Å². The number of nitrogens with zero attached hydrogens (tertiary/aromatic N) is 2. The highest BCUT2D eigenvalue weighted by Gasteiger charge is 2.17. The molecule has 1 atom stereocenters. The molecule has 0 bridgehead atoms. The summed E-state index contributed by atoms with van der Waals surface area (Å²) in [5, 5.41) is 6.67. The first-order valence-corrected chi connectivity index (χ1v) is 9.54. The molecule has 0 amide bonds. The van der Waals surface area contributed by atoms with Crippen molar-refractivity contribution in [2.24, 2.45) is 4.99 Å². The van der Waals surface area contributed by atoms with E-state index in [9.17, 15) is 0 Å². The van der Waals surface area contributed by atoms with Gasteiger partial charge in [0.1, 0.15) is 5.76 Å². The summed E-state index contributed by atoms with van der Waals surface area (Å²) in [5.41, 5.74) is 0.951. The number of likely N-dealkylation sites (N-methyl/N-ethyl adjacent to an activating group) is 1. The SMILES string of the molecule is CCNC(=NCc1cc(OC)c(OC)c(OC)c1)NCC(c1ccco1)N(C)C. The fourth-order valence-electron chi connectivity index (χ4n) is 2.95. The predicted octanol–water partition coefficient (Wildman–Crippen LogP) is 2.66. The van der Waals surface area contributed by atoms with Crippen LogP contribution in [-0.2, 0) is 6.54 Å². The third-order valence-corrected chi connectivity index (χ3v) is 4.45. The number of furan rings is 1. The van der Waals surface area contributed by atoms with E-state index >= 15 is 0 Å². The summed E-state index contributed by atoms with van der Waals surface area (Å²) >= 11 is 0. The Balaban J connectivity index is 2.14. The summed E-state index contributed by atoms with van der Waals surface area (Å²) in [6.07, 6.45) is 1.69. The standard InChI is InChI=1S/C21H32N4O4/c1-7-22-21(24-14-16(25(2)3)17-9-8-10-29-17)23-13-15-11-18(26-4)20(28-6)19(12-15)27-5/h8-12,16H,7,13-14H2,1-6H3,(H2,22,23,24). The van der Waals surface area contributed by atoms with Crippen molar-refractivity contribution in [3.05, 3.63) is 41.9 Å². The number of rotatable bonds is 10. The monoisotopic (exact) mass is 404 g/mol. The summed E-state index contributed by atoms with van der Waals surface area (Å²) < 4.78 is 21.8. The first-order chi connectivity index (χ1) is 14.0. The quantitative estimate of drug-likeness (QED) is 0.465. The van der Waals surface area contributed by atoms with Gasteiger partial charge in [-0.1, -0.05) is 0 Å². The van der Waals surface area contributed by atoms with Crippen LogP contribution in [0.2, 0.25) is 0 Å². The lowest BCUT2D eigenvalue weighted by Crippen LogP contribution is -2.41. The van der Waals surface area contributed by atoms with Gasteiger partial charge in [-0.2, -0.15) is 0 Å². The molecule has 2 rings (SSSR count). The van der Waals surface area contributed by atoms with Gasteiger partial charge in [-0.3, -0.25) is 4.90 Å². The van der Waals surface area contributed by atoms with Gasteiger partial charge in [0.15, 0.2) is 17.5 Å². The molecule has 0 aliphatic heterocycles. The van der Waals surface area contributed by atoms with Gasteiger partial charge in [0.05, 0.1) is 40.2 Å². The number of benzene rings is 1. The largest absolute Gasteiger partial charge is 0.493 e. The van der Waals surface area contributed by atoms with Crippen LogP contribution in [0.4, 0.5) is 0 Å². The maximum atomic E-state index is 5.57. The van der Waals surface area contributed by atoms with Crippen LogP contribution in [0.5, 0.6) is 17.2 Å². The third-order valence-electron chi connectivity index (χ3n) is 4.45. The molecule has 1 aromatic heterocycles. The van der Waals surface area contributed by atoms with Crippen molar-refractivity contribution in [1.29, 1.82) is 0 Å². The molecular formula is C21H32N4O4.